The normalized spacial score (nSPS) is 12.5. The molecule has 1 amide bonds. The summed E-state index contributed by atoms with van der Waals surface area (Å²) in [6.45, 7) is 2.63. The van der Waals surface area contributed by atoms with Gasteiger partial charge < -0.3 is 4.90 Å². The van der Waals surface area contributed by atoms with Crippen LogP contribution in [0.5, 0.6) is 0 Å². The van der Waals surface area contributed by atoms with Gasteiger partial charge in [0.05, 0.1) is 12.2 Å². The summed E-state index contributed by atoms with van der Waals surface area (Å²) in [5, 5.41) is 7.51. The minimum Gasteiger partial charge on any atom is -0.346 e. The minimum absolute atomic E-state index is 0.169. The molecular weight excluding hydrogens is 156 g/mol. The Bertz CT molecular complexity index is 234. The van der Waals surface area contributed by atoms with Crippen LogP contribution in [0.4, 0.5) is 0 Å². The molecule has 0 saturated heterocycles. The molecule has 0 bridgehead atoms. The molecule has 0 aliphatic carbocycles. The first-order chi connectivity index (χ1) is 5.74. The third-order valence-electron chi connectivity index (χ3n) is 1.62. The van der Waals surface area contributed by atoms with Crippen LogP contribution in [-0.4, -0.2) is 39.9 Å². The molecule has 5 nitrogen and oxygen atoms in total. The van der Waals surface area contributed by atoms with Crippen molar-refractivity contribution in [3.05, 3.63) is 12.4 Å². The van der Waals surface area contributed by atoms with Gasteiger partial charge >= 0.3 is 0 Å². The molecule has 0 N–H and O–H groups in total. The highest BCUT2D eigenvalue weighted by Crippen LogP contribution is 2.02. The van der Waals surface area contributed by atoms with E-state index in [-0.39, 0.29) is 6.04 Å². The Labute approximate surface area is 71.0 Å². The van der Waals surface area contributed by atoms with Gasteiger partial charge in [0, 0.05) is 19.8 Å². The van der Waals surface area contributed by atoms with Gasteiger partial charge in [0.15, 0.2) is 0 Å². The van der Waals surface area contributed by atoms with Crippen molar-refractivity contribution >= 4 is 6.41 Å². The number of amides is 1. The van der Waals surface area contributed by atoms with Crippen LogP contribution in [0.3, 0.4) is 0 Å². The zero-order valence-corrected chi connectivity index (χ0v) is 7.21. The predicted molar refractivity (Wildman–Crippen MR) is 43.4 cm³/mol. The Morgan fingerprint density at radius 1 is 1.75 bits per heavy atom. The molecule has 0 fully saturated rings. The summed E-state index contributed by atoms with van der Waals surface area (Å²) < 4.78 is 1.72. The molecule has 0 aliphatic heterocycles. The van der Waals surface area contributed by atoms with Gasteiger partial charge in [-0.05, 0) is 6.92 Å². The molecule has 1 aromatic rings. The summed E-state index contributed by atoms with van der Waals surface area (Å²) in [5.74, 6) is 0. The van der Waals surface area contributed by atoms with E-state index in [1.165, 1.54) is 0 Å². The van der Waals surface area contributed by atoms with Crippen molar-refractivity contribution < 1.29 is 4.79 Å². The molecule has 0 aromatic carbocycles. The largest absolute Gasteiger partial charge is 0.346 e. The van der Waals surface area contributed by atoms with Gasteiger partial charge in [-0.1, -0.05) is 5.21 Å². The summed E-state index contributed by atoms with van der Waals surface area (Å²) in [6, 6.07) is 0.169. The summed E-state index contributed by atoms with van der Waals surface area (Å²) in [6.07, 6.45) is 4.20. The van der Waals surface area contributed by atoms with Crippen molar-refractivity contribution in [3.8, 4) is 0 Å². The summed E-state index contributed by atoms with van der Waals surface area (Å²) in [7, 11) is 1.74. The Kier molecular flexibility index (Phi) is 2.79. The zero-order valence-electron chi connectivity index (χ0n) is 7.21. The first-order valence-corrected chi connectivity index (χ1v) is 3.75. The van der Waals surface area contributed by atoms with E-state index >= 15 is 0 Å². The van der Waals surface area contributed by atoms with Crippen molar-refractivity contribution in [2.75, 3.05) is 13.6 Å². The van der Waals surface area contributed by atoms with Gasteiger partial charge in [-0.25, -0.2) is 4.68 Å². The van der Waals surface area contributed by atoms with Gasteiger partial charge in [-0.2, -0.15) is 0 Å². The topological polar surface area (TPSA) is 51.0 Å². The molecule has 66 valence electrons. The molecule has 0 saturated carbocycles. The van der Waals surface area contributed by atoms with Crippen molar-refractivity contribution in [1.82, 2.24) is 19.9 Å². The van der Waals surface area contributed by atoms with Gasteiger partial charge in [0.2, 0.25) is 6.41 Å². The molecule has 1 rings (SSSR count). The van der Waals surface area contributed by atoms with E-state index in [1.54, 1.807) is 29.0 Å². The maximum absolute atomic E-state index is 10.3. The number of nitrogens with zero attached hydrogens (tertiary/aromatic N) is 4. The van der Waals surface area contributed by atoms with E-state index in [0.717, 1.165) is 6.41 Å². The van der Waals surface area contributed by atoms with Crippen molar-refractivity contribution in [3.63, 3.8) is 0 Å². The van der Waals surface area contributed by atoms with Crippen LogP contribution in [0.1, 0.15) is 13.0 Å². The van der Waals surface area contributed by atoms with Crippen LogP contribution in [0.25, 0.3) is 0 Å². The number of carbonyl (C=O) groups excluding carboxylic acids is 1. The van der Waals surface area contributed by atoms with E-state index in [4.69, 9.17) is 0 Å². The number of likely N-dealkylation sites (N-methyl/N-ethyl adjacent to an activating group) is 1. The highest BCUT2D eigenvalue weighted by Gasteiger charge is 2.06. The second-order valence-corrected chi connectivity index (χ2v) is 2.78. The monoisotopic (exact) mass is 168 g/mol. The van der Waals surface area contributed by atoms with Crippen molar-refractivity contribution in [2.24, 2.45) is 0 Å². The van der Waals surface area contributed by atoms with Gasteiger partial charge in [0.1, 0.15) is 0 Å². The SMILES string of the molecule is CC(CN(C)C=O)n1ccnn1. The lowest BCUT2D eigenvalue weighted by molar-refractivity contribution is -0.117. The summed E-state index contributed by atoms with van der Waals surface area (Å²) in [5.41, 5.74) is 0. The Morgan fingerprint density at radius 2 is 2.50 bits per heavy atom. The third kappa shape index (κ3) is 2.05. The smallest absolute Gasteiger partial charge is 0.209 e. The second-order valence-electron chi connectivity index (χ2n) is 2.78. The molecule has 1 heterocycles. The molecule has 0 spiro atoms. The maximum atomic E-state index is 10.3. The average molecular weight is 168 g/mol. The summed E-state index contributed by atoms with van der Waals surface area (Å²) in [4.78, 5) is 11.9. The van der Waals surface area contributed by atoms with Gasteiger partial charge in [-0.3, -0.25) is 4.79 Å². The highest BCUT2D eigenvalue weighted by atomic mass is 16.1. The lowest BCUT2D eigenvalue weighted by atomic mass is 10.3. The van der Waals surface area contributed by atoms with E-state index < -0.39 is 0 Å². The Morgan fingerprint density at radius 3 is 3.00 bits per heavy atom. The predicted octanol–water partition coefficient (Wildman–Crippen LogP) is -0.0727. The summed E-state index contributed by atoms with van der Waals surface area (Å²) >= 11 is 0. The van der Waals surface area contributed by atoms with Crippen molar-refractivity contribution in [1.29, 1.82) is 0 Å². The second kappa shape index (κ2) is 3.85. The number of aromatic nitrogens is 3. The third-order valence-corrected chi connectivity index (χ3v) is 1.62. The van der Waals surface area contributed by atoms with Crippen molar-refractivity contribution in [2.45, 2.75) is 13.0 Å². The molecule has 1 aromatic heterocycles. The molecule has 0 radical (unpaired) electrons. The number of carbonyl (C=O) groups is 1. The molecule has 5 heteroatoms. The van der Waals surface area contributed by atoms with Crippen LogP contribution >= 0.6 is 0 Å². The Balaban J connectivity index is 2.49. The fourth-order valence-electron chi connectivity index (χ4n) is 0.996. The van der Waals surface area contributed by atoms with E-state index in [1.807, 2.05) is 6.92 Å². The molecular formula is C7H12N4O. The van der Waals surface area contributed by atoms with Gasteiger partial charge in [0.25, 0.3) is 0 Å². The molecule has 0 aliphatic rings. The van der Waals surface area contributed by atoms with Crippen LogP contribution < -0.4 is 0 Å². The fraction of sp³-hybridized carbons (Fsp3) is 0.571. The lowest BCUT2D eigenvalue weighted by Crippen LogP contribution is -2.25. The van der Waals surface area contributed by atoms with E-state index in [0.29, 0.717) is 6.54 Å². The lowest BCUT2D eigenvalue weighted by Gasteiger charge is -2.16. The maximum Gasteiger partial charge on any atom is 0.209 e. The molecule has 12 heavy (non-hydrogen) atoms. The van der Waals surface area contributed by atoms with E-state index in [2.05, 4.69) is 10.3 Å². The number of hydrogen-bond acceptors (Lipinski definition) is 3. The van der Waals surface area contributed by atoms with Crippen LogP contribution in [0.2, 0.25) is 0 Å². The fourth-order valence-corrected chi connectivity index (χ4v) is 0.996. The highest BCUT2D eigenvalue weighted by molar-refractivity contribution is 5.46. The first kappa shape index (κ1) is 8.70. The van der Waals surface area contributed by atoms with Crippen LogP contribution in [0.15, 0.2) is 12.4 Å². The van der Waals surface area contributed by atoms with Crippen LogP contribution in [0, 0.1) is 0 Å². The average Bonchev–Trinajstić information content (AvgIpc) is 2.56. The quantitative estimate of drug-likeness (QED) is 0.591. The zero-order chi connectivity index (χ0) is 8.97. The Hall–Kier alpha value is -1.39. The van der Waals surface area contributed by atoms with Gasteiger partial charge in [-0.15, -0.1) is 5.10 Å². The van der Waals surface area contributed by atoms with Crippen LogP contribution in [-0.2, 0) is 4.79 Å². The number of rotatable bonds is 4. The first-order valence-electron chi connectivity index (χ1n) is 3.75. The molecule has 1 unspecified atom stereocenters. The van der Waals surface area contributed by atoms with E-state index in [9.17, 15) is 4.79 Å². The minimum atomic E-state index is 0.169. The number of hydrogen-bond donors (Lipinski definition) is 0. The standard InChI is InChI=1S/C7H12N4O/c1-7(5-10(2)6-12)11-4-3-8-9-11/h3-4,6-7H,5H2,1-2H3. The molecule has 1 atom stereocenters.